The van der Waals surface area contributed by atoms with Crippen molar-refractivity contribution in [1.29, 1.82) is 0 Å². The van der Waals surface area contributed by atoms with Crippen LogP contribution in [0.4, 0.5) is 5.00 Å². The number of amides is 1. The summed E-state index contributed by atoms with van der Waals surface area (Å²) in [6.45, 7) is 1.94. The summed E-state index contributed by atoms with van der Waals surface area (Å²) in [5.41, 5.74) is 0.569. The van der Waals surface area contributed by atoms with Crippen molar-refractivity contribution in [2.75, 3.05) is 5.32 Å². The van der Waals surface area contributed by atoms with Gasteiger partial charge in [0.15, 0.2) is 0 Å². The summed E-state index contributed by atoms with van der Waals surface area (Å²) in [5, 5.41) is 12.2. The fourth-order valence-corrected chi connectivity index (χ4v) is 3.92. The van der Waals surface area contributed by atoms with Crippen LogP contribution in [-0.4, -0.2) is 17.0 Å². The Balaban J connectivity index is 2.31. The average Bonchev–Trinajstić information content (AvgIpc) is 2.81. The zero-order valence-electron chi connectivity index (χ0n) is 10.9. The lowest BCUT2D eigenvalue weighted by Gasteiger charge is -2.06. The van der Waals surface area contributed by atoms with Crippen LogP contribution in [0.25, 0.3) is 0 Å². The first-order valence-electron chi connectivity index (χ1n) is 6.04. The molecule has 0 aliphatic rings. The van der Waals surface area contributed by atoms with E-state index in [0.717, 1.165) is 15.8 Å². The van der Waals surface area contributed by atoms with Gasteiger partial charge < -0.3 is 10.4 Å². The van der Waals surface area contributed by atoms with Crippen molar-refractivity contribution in [3.8, 4) is 0 Å². The number of benzene rings is 1. The minimum absolute atomic E-state index is 0.124. The van der Waals surface area contributed by atoms with Crippen molar-refractivity contribution in [3.05, 3.63) is 49.2 Å². The van der Waals surface area contributed by atoms with Crippen LogP contribution in [-0.2, 0) is 6.42 Å². The topological polar surface area (TPSA) is 66.4 Å². The highest BCUT2D eigenvalue weighted by atomic mass is 79.9. The summed E-state index contributed by atoms with van der Waals surface area (Å²) in [5.74, 6) is -1.39. The summed E-state index contributed by atoms with van der Waals surface area (Å²) in [4.78, 5) is 24.4. The minimum atomic E-state index is -1.05. The molecule has 1 amide bonds. The first-order chi connectivity index (χ1) is 9.92. The van der Waals surface area contributed by atoms with Crippen LogP contribution in [0.3, 0.4) is 0 Å². The molecule has 0 saturated heterocycles. The lowest BCUT2D eigenvalue weighted by atomic mass is 10.2. The molecule has 4 nitrogen and oxygen atoms in total. The second-order valence-corrected chi connectivity index (χ2v) is 7.10. The molecule has 1 aromatic heterocycles. The molecule has 2 N–H and O–H groups in total. The second kappa shape index (κ2) is 6.72. The minimum Gasteiger partial charge on any atom is -0.478 e. The third-order valence-corrected chi connectivity index (χ3v) is 5.11. The number of hydrogen-bond acceptors (Lipinski definition) is 3. The van der Waals surface area contributed by atoms with Gasteiger partial charge >= 0.3 is 5.97 Å². The van der Waals surface area contributed by atoms with Crippen molar-refractivity contribution in [3.63, 3.8) is 0 Å². The molecule has 0 radical (unpaired) electrons. The molecule has 0 aliphatic heterocycles. The van der Waals surface area contributed by atoms with Crippen molar-refractivity contribution in [2.24, 2.45) is 0 Å². The number of carboxylic acid groups (broad SMARTS) is 1. The smallest absolute Gasteiger partial charge is 0.338 e. The Labute approximate surface area is 142 Å². The predicted molar refractivity (Wildman–Crippen MR) is 90.5 cm³/mol. The highest BCUT2D eigenvalue weighted by Gasteiger charge is 2.18. The summed E-state index contributed by atoms with van der Waals surface area (Å²) < 4.78 is 1.49. The number of aromatic carboxylic acids is 1. The number of halogens is 2. The standard InChI is InChI=1S/C14H11Br2NO3S/c1-2-8-6-10(14(19)20)13(21-8)17-12(18)9-4-3-7(15)5-11(9)16/h3-6H,2H2,1H3,(H,17,18)(H,19,20). The molecular weight excluding hydrogens is 422 g/mol. The summed E-state index contributed by atoms with van der Waals surface area (Å²) in [6, 6.07) is 6.78. The van der Waals surface area contributed by atoms with Gasteiger partial charge in [-0.2, -0.15) is 0 Å². The molecule has 0 unspecified atom stereocenters. The van der Waals surface area contributed by atoms with Crippen molar-refractivity contribution in [1.82, 2.24) is 0 Å². The van der Waals surface area contributed by atoms with E-state index in [0.29, 0.717) is 15.0 Å². The van der Waals surface area contributed by atoms with Gasteiger partial charge in [0.2, 0.25) is 0 Å². The summed E-state index contributed by atoms with van der Waals surface area (Å²) >= 11 is 7.92. The van der Waals surface area contributed by atoms with Crippen molar-refractivity contribution < 1.29 is 14.7 Å². The Kier molecular flexibility index (Phi) is 5.18. The Morgan fingerprint density at radius 2 is 1.95 bits per heavy atom. The molecule has 0 saturated carbocycles. The van der Waals surface area contributed by atoms with Crippen LogP contribution in [0.5, 0.6) is 0 Å². The average molecular weight is 433 g/mol. The van der Waals surface area contributed by atoms with Crippen LogP contribution in [0.15, 0.2) is 33.2 Å². The van der Waals surface area contributed by atoms with E-state index in [4.69, 9.17) is 0 Å². The number of aryl methyl sites for hydroxylation is 1. The first-order valence-corrected chi connectivity index (χ1v) is 8.45. The molecule has 1 heterocycles. The fraction of sp³-hybridized carbons (Fsp3) is 0.143. The third kappa shape index (κ3) is 3.72. The molecule has 110 valence electrons. The maximum Gasteiger partial charge on any atom is 0.338 e. The lowest BCUT2D eigenvalue weighted by Crippen LogP contribution is -2.13. The van der Waals surface area contributed by atoms with E-state index in [1.54, 1.807) is 24.3 Å². The lowest BCUT2D eigenvalue weighted by molar-refractivity contribution is 0.0698. The highest BCUT2D eigenvalue weighted by Crippen LogP contribution is 2.30. The quantitative estimate of drug-likeness (QED) is 0.729. The van der Waals surface area contributed by atoms with Gasteiger partial charge in [-0.25, -0.2) is 4.79 Å². The fourth-order valence-electron chi connectivity index (χ4n) is 1.71. The van der Waals surface area contributed by atoms with Gasteiger partial charge in [-0.3, -0.25) is 4.79 Å². The zero-order valence-corrected chi connectivity index (χ0v) is 14.9. The first kappa shape index (κ1) is 16.2. The van der Waals surface area contributed by atoms with Gasteiger partial charge in [0.25, 0.3) is 5.91 Å². The van der Waals surface area contributed by atoms with Crippen molar-refractivity contribution in [2.45, 2.75) is 13.3 Å². The Morgan fingerprint density at radius 3 is 2.52 bits per heavy atom. The molecule has 7 heteroatoms. The molecule has 21 heavy (non-hydrogen) atoms. The molecule has 1 aromatic carbocycles. The second-order valence-electron chi connectivity index (χ2n) is 4.19. The number of thiophene rings is 1. The molecule has 0 atom stereocenters. The van der Waals surface area contributed by atoms with E-state index in [1.807, 2.05) is 6.92 Å². The summed E-state index contributed by atoms with van der Waals surface area (Å²) in [7, 11) is 0. The Hall–Kier alpha value is -1.18. The molecular formula is C14H11Br2NO3S. The van der Waals surface area contributed by atoms with Gasteiger partial charge in [0.1, 0.15) is 5.00 Å². The van der Waals surface area contributed by atoms with E-state index < -0.39 is 5.97 Å². The Bertz CT molecular complexity index is 712. The number of hydrogen-bond donors (Lipinski definition) is 2. The van der Waals surface area contributed by atoms with Gasteiger partial charge in [-0.05, 0) is 46.6 Å². The van der Waals surface area contributed by atoms with Crippen molar-refractivity contribution >= 4 is 60.1 Å². The van der Waals surface area contributed by atoms with Crippen LogP contribution >= 0.6 is 43.2 Å². The highest BCUT2D eigenvalue weighted by molar-refractivity contribution is 9.11. The van der Waals surface area contributed by atoms with Crippen LogP contribution in [0.1, 0.15) is 32.5 Å². The number of anilines is 1. The maximum absolute atomic E-state index is 12.3. The number of carbonyl (C=O) groups excluding carboxylic acids is 1. The molecule has 0 aliphatic carbocycles. The SMILES string of the molecule is CCc1cc(C(=O)O)c(NC(=O)c2ccc(Br)cc2Br)s1. The monoisotopic (exact) mass is 431 g/mol. The van der Waals surface area contributed by atoms with Gasteiger partial charge in [-0.15, -0.1) is 11.3 Å². The van der Waals surface area contributed by atoms with E-state index >= 15 is 0 Å². The normalized spacial score (nSPS) is 10.4. The van der Waals surface area contributed by atoms with E-state index in [-0.39, 0.29) is 11.5 Å². The Morgan fingerprint density at radius 1 is 1.24 bits per heavy atom. The maximum atomic E-state index is 12.3. The number of carbonyl (C=O) groups is 2. The largest absolute Gasteiger partial charge is 0.478 e. The number of carboxylic acids is 1. The number of rotatable bonds is 4. The molecule has 2 aromatic rings. The third-order valence-electron chi connectivity index (χ3n) is 2.76. The molecule has 0 bridgehead atoms. The van der Waals surface area contributed by atoms with E-state index in [1.165, 1.54) is 11.3 Å². The van der Waals surface area contributed by atoms with Crippen LogP contribution in [0, 0.1) is 0 Å². The predicted octanol–water partition coefficient (Wildman–Crippen LogP) is 4.79. The van der Waals surface area contributed by atoms with E-state index in [2.05, 4.69) is 37.2 Å². The molecule has 0 spiro atoms. The number of nitrogens with one attached hydrogen (secondary N) is 1. The van der Waals surface area contributed by atoms with Crippen LogP contribution in [0.2, 0.25) is 0 Å². The van der Waals surface area contributed by atoms with Gasteiger partial charge in [0.05, 0.1) is 11.1 Å². The zero-order chi connectivity index (χ0) is 15.6. The van der Waals surface area contributed by atoms with Crippen LogP contribution < -0.4 is 5.32 Å². The summed E-state index contributed by atoms with van der Waals surface area (Å²) in [6.07, 6.45) is 0.725. The molecule has 0 fully saturated rings. The van der Waals surface area contributed by atoms with Gasteiger partial charge in [-0.1, -0.05) is 22.9 Å². The van der Waals surface area contributed by atoms with E-state index in [9.17, 15) is 14.7 Å². The molecule has 2 rings (SSSR count). The van der Waals surface area contributed by atoms with Gasteiger partial charge in [0, 0.05) is 13.8 Å².